The number of H-pyrrole nitrogens is 1. The Labute approximate surface area is 146 Å². The van der Waals surface area contributed by atoms with Crippen molar-refractivity contribution in [2.45, 2.75) is 13.5 Å². The minimum atomic E-state index is -0.348. The molecule has 1 fully saturated rings. The first-order valence-electron chi connectivity index (χ1n) is 8.55. The topological polar surface area (TPSA) is 81.3 Å². The number of nitrogens with zero attached hydrogens (tertiary/aromatic N) is 3. The third-order valence-electron chi connectivity index (χ3n) is 4.44. The highest BCUT2D eigenvalue weighted by Gasteiger charge is 2.15. The summed E-state index contributed by atoms with van der Waals surface area (Å²) in [5, 5.41) is 8.75. The lowest BCUT2D eigenvalue weighted by Gasteiger charge is -2.34. The number of carbonyl (C=O) groups excluding carboxylic acids is 1. The number of anilines is 1. The second-order valence-electron chi connectivity index (χ2n) is 6.17. The molecule has 1 amide bonds. The van der Waals surface area contributed by atoms with Gasteiger partial charge in [-0.05, 0) is 30.3 Å². The van der Waals surface area contributed by atoms with Crippen LogP contribution in [0.2, 0.25) is 0 Å². The number of benzene rings is 1. The summed E-state index contributed by atoms with van der Waals surface area (Å²) in [6.45, 7) is 8.66. The maximum atomic E-state index is 12.1. The fraction of sp³-hybridized carbons (Fsp3) is 0.389. The van der Waals surface area contributed by atoms with Crippen LogP contribution >= 0.6 is 0 Å². The minimum absolute atomic E-state index is 0.178. The molecule has 0 unspecified atom stereocenters. The van der Waals surface area contributed by atoms with Gasteiger partial charge in [-0.25, -0.2) is 5.10 Å². The first kappa shape index (κ1) is 17.3. The lowest BCUT2D eigenvalue weighted by molar-refractivity contribution is 0.102. The second kappa shape index (κ2) is 8.04. The molecular formula is C18H23N5O2. The number of nitrogens with one attached hydrogen (secondary N) is 2. The van der Waals surface area contributed by atoms with Crippen molar-refractivity contribution in [3.8, 4) is 0 Å². The fourth-order valence-electron chi connectivity index (χ4n) is 2.88. The Bertz CT molecular complexity index is 743. The molecule has 1 aliphatic heterocycles. The van der Waals surface area contributed by atoms with Gasteiger partial charge in [-0.15, -0.1) is 0 Å². The van der Waals surface area contributed by atoms with Crippen LogP contribution in [0.25, 0.3) is 0 Å². The quantitative estimate of drug-likeness (QED) is 0.853. The van der Waals surface area contributed by atoms with Crippen LogP contribution in [0.5, 0.6) is 0 Å². The summed E-state index contributed by atoms with van der Waals surface area (Å²) in [5.74, 6) is -0.348. The molecule has 0 radical (unpaired) electrons. The number of hydrogen-bond acceptors (Lipinski definition) is 5. The summed E-state index contributed by atoms with van der Waals surface area (Å²) in [7, 11) is 0. The van der Waals surface area contributed by atoms with Gasteiger partial charge in [0.05, 0.1) is 0 Å². The molecule has 2 N–H and O–H groups in total. The Hall–Kier alpha value is -2.51. The molecule has 0 saturated carbocycles. The van der Waals surface area contributed by atoms with Crippen LogP contribution in [0.15, 0.2) is 41.2 Å². The molecule has 1 aromatic heterocycles. The summed E-state index contributed by atoms with van der Waals surface area (Å²) in [5.41, 5.74) is 1.78. The Morgan fingerprint density at radius 2 is 1.76 bits per heavy atom. The summed E-state index contributed by atoms with van der Waals surface area (Å²) in [6, 6.07) is 10.5. The number of carbonyl (C=O) groups is 1. The summed E-state index contributed by atoms with van der Waals surface area (Å²) >= 11 is 0. The highest BCUT2D eigenvalue weighted by atomic mass is 16.2. The van der Waals surface area contributed by atoms with E-state index in [1.807, 2.05) is 24.3 Å². The predicted octanol–water partition coefficient (Wildman–Crippen LogP) is 1.16. The van der Waals surface area contributed by atoms with Crippen LogP contribution in [-0.4, -0.2) is 58.6 Å². The van der Waals surface area contributed by atoms with E-state index in [1.165, 1.54) is 17.7 Å². The molecule has 132 valence electrons. The van der Waals surface area contributed by atoms with Crippen molar-refractivity contribution in [3.05, 3.63) is 58.0 Å². The van der Waals surface area contributed by atoms with Crippen molar-refractivity contribution in [2.75, 3.05) is 38.0 Å². The lowest BCUT2D eigenvalue weighted by Crippen LogP contribution is -2.45. The smallest absolute Gasteiger partial charge is 0.276 e. The molecule has 7 heteroatoms. The Morgan fingerprint density at radius 3 is 2.36 bits per heavy atom. The standard InChI is InChI=1S/C18H23N5O2/c1-2-22-9-11-23(12-10-22)13-14-3-5-15(6-4-14)19-18(25)16-7-8-17(24)21-20-16/h3-8H,2,9-13H2,1H3,(H,19,25)(H,21,24). The van der Waals surface area contributed by atoms with Crippen molar-refractivity contribution >= 4 is 11.6 Å². The molecule has 0 aliphatic carbocycles. The van der Waals surface area contributed by atoms with E-state index in [4.69, 9.17) is 0 Å². The van der Waals surface area contributed by atoms with Crippen molar-refractivity contribution in [3.63, 3.8) is 0 Å². The van der Waals surface area contributed by atoms with Crippen molar-refractivity contribution < 1.29 is 4.79 Å². The molecule has 25 heavy (non-hydrogen) atoms. The summed E-state index contributed by atoms with van der Waals surface area (Å²) < 4.78 is 0. The first-order valence-corrected chi connectivity index (χ1v) is 8.55. The van der Waals surface area contributed by atoms with E-state index in [1.54, 1.807) is 0 Å². The van der Waals surface area contributed by atoms with Gasteiger partial charge >= 0.3 is 0 Å². The number of rotatable bonds is 5. The molecule has 2 aromatic rings. The molecule has 1 aromatic carbocycles. The lowest BCUT2D eigenvalue weighted by atomic mass is 10.1. The highest BCUT2D eigenvalue weighted by Crippen LogP contribution is 2.13. The van der Waals surface area contributed by atoms with Crippen LogP contribution in [0.4, 0.5) is 5.69 Å². The van der Waals surface area contributed by atoms with E-state index in [9.17, 15) is 9.59 Å². The van der Waals surface area contributed by atoms with Gasteiger partial charge in [-0.3, -0.25) is 14.5 Å². The van der Waals surface area contributed by atoms with Crippen LogP contribution in [0.3, 0.4) is 0 Å². The number of likely N-dealkylation sites (N-methyl/N-ethyl adjacent to an activating group) is 1. The van der Waals surface area contributed by atoms with E-state index in [2.05, 4.69) is 32.2 Å². The number of aromatic nitrogens is 2. The fourth-order valence-corrected chi connectivity index (χ4v) is 2.88. The van der Waals surface area contributed by atoms with Gasteiger partial charge in [0.2, 0.25) is 0 Å². The Morgan fingerprint density at radius 1 is 1.08 bits per heavy atom. The van der Waals surface area contributed by atoms with Crippen LogP contribution < -0.4 is 10.9 Å². The van der Waals surface area contributed by atoms with Gasteiger partial charge in [-0.2, -0.15) is 5.10 Å². The van der Waals surface area contributed by atoms with Gasteiger partial charge in [0.25, 0.3) is 11.5 Å². The van der Waals surface area contributed by atoms with E-state index in [0.717, 1.165) is 39.3 Å². The van der Waals surface area contributed by atoms with Gasteiger partial charge in [0, 0.05) is 44.5 Å². The van der Waals surface area contributed by atoms with E-state index >= 15 is 0 Å². The molecule has 3 rings (SSSR count). The van der Waals surface area contributed by atoms with Crippen molar-refractivity contribution in [2.24, 2.45) is 0 Å². The average molecular weight is 341 g/mol. The summed E-state index contributed by atoms with van der Waals surface area (Å²) in [4.78, 5) is 28.0. The van der Waals surface area contributed by atoms with E-state index < -0.39 is 0 Å². The predicted molar refractivity (Wildman–Crippen MR) is 96.6 cm³/mol. The zero-order valence-corrected chi connectivity index (χ0v) is 14.4. The van der Waals surface area contributed by atoms with Gasteiger partial charge < -0.3 is 10.2 Å². The SMILES string of the molecule is CCN1CCN(Cc2ccc(NC(=O)c3ccc(=O)[nH]n3)cc2)CC1. The highest BCUT2D eigenvalue weighted by molar-refractivity contribution is 6.02. The Balaban J connectivity index is 1.54. The van der Waals surface area contributed by atoms with Gasteiger partial charge in [0.1, 0.15) is 5.69 Å². The number of piperazine rings is 1. The van der Waals surface area contributed by atoms with Gasteiger partial charge in [-0.1, -0.05) is 19.1 Å². The number of amides is 1. The third-order valence-corrected chi connectivity index (χ3v) is 4.44. The van der Waals surface area contributed by atoms with E-state index in [0.29, 0.717) is 5.69 Å². The van der Waals surface area contributed by atoms with Gasteiger partial charge in [0.15, 0.2) is 0 Å². The molecule has 0 spiro atoms. The van der Waals surface area contributed by atoms with Crippen LogP contribution in [0.1, 0.15) is 23.0 Å². The maximum Gasteiger partial charge on any atom is 0.276 e. The maximum absolute atomic E-state index is 12.1. The normalized spacial score (nSPS) is 15.9. The zero-order chi connectivity index (χ0) is 17.6. The van der Waals surface area contributed by atoms with Crippen LogP contribution in [-0.2, 0) is 6.54 Å². The summed E-state index contributed by atoms with van der Waals surface area (Å²) in [6.07, 6.45) is 0. The molecule has 0 bridgehead atoms. The second-order valence-corrected chi connectivity index (χ2v) is 6.17. The minimum Gasteiger partial charge on any atom is -0.321 e. The molecule has 7 nitrogen and oxygen atoms in total. The molecular weight excluding hydrogens is 318 g/mol. The monoisotopic (exact) mass is 341 g/mol. The third kappa shape index (κ3) is 4.74. The molecule has 0 atom stereocenters. The first-order chi connectivity index (χ1) is 12.1. The van der Waals surface area contributed by atoms with Crippen LogP contribution in [0, 0.1) is 0 Å². The zero-order valence-electron chi connectivity index (χ0n) is 14.4. The number of hydrogen-bond donors (Lipinski definition) is 2. The molecule has 2 heterocycles. The molecule has 1 aliphatic rings. The Kier molecular flexibility index (Phi) is 5.57. The van der Waals surface area contributed by atoms with Crippen molar-refractivity contribution in [1.82, 2.24) is 20.0 Å². The largest absolute Gasteiger partial charge is 0.321 e. The van der Waals surface area contributed by atoms with Crippen molar-refractivity contribution in [1.29, 1.82) is 0 Å². The van der Waals surface area contributed by atoms with E-state index in [-0.39, 0.29) is 17.2 Å². The molecule has 1 saturated heterocycles. The number of aromatic amines is 1. The average Bonchev–Trinajstić information content (AvgIpc) is 2.64.